The number of hydrogen-bond acceptors (Lipinski definition) is 3. The summed E-state index contributed by atoms with van der Waals surface area (Å²) in [5.74, 6) is -2.38. The average Bonchev–Trinajstić information content (AvgIpc) is 2.18. The van der Waals surface area contributed by atoms with Crippen molar-refractivity contribution in [3.05, 3.63) is 29.6 Å². The van der Waals surface area contributed by atoms with Crippen molar-refractivity contribution in [1.29, 1.82) is 0 Å². The molecule has 0 saturated heterocycles. The van der Waals surface area contributed by atoms with Gasteiger partial charge in [-0.25, -0.2) is 4.39 Å². The van der Waals surface area contributed by atoms with Crippen molar-refractivity contribution in [1.82, 2.24) is 5.32 Å². The van der Waals surface area contributed by atoms with Gasteiger partial charge < -0.3 is 16.2 Å². The third kappa shape index (κ3) is 2.94. The Morgan fingerprint density at radius 1 is 1.47 bits per heavy atom. The number of hydrogen-bond donors (Lipinski definition) is 3. The lowest BCUT2D eigenvalue weighted by Gasteiger charge is -2.03. The van der Waals surface area contributed by atoms with E-state index >= 15 is 0 Å². The summed E-state index contributed by atoms with van der Waals surface area (Å²) in [7, 11) is 0. The van der Waals surface area contributed by atoms with Gasteiger partial charge in [-0.3, -0.25) is 9.59 Å². The van der Waals surface area contributed by atoms with Gasteiger partial charge in [0.15, 0.2) is 0 Å². The predicted octanol–water partition coefficient (Wildman–Crippen LogP) is 0.222. The molecule has 1 aromatic carbocycles. The average molecular weight is 212 g/mol. The van der Waals surface area contributed by atoms with Crippen molar-refractivity contribution in [2.24, 2.45) is 0 Å². The summed E-state index contributed by atoms with van der Waals surface area (Å²) in [5, 5.41) is 10.4. The maximum Gasteiger partial charge on any atom is 0.322 e. The Morgan fingerprint density at radius 2 is 2.13 bits per heavy atom. The number of carboxylic acid groups (broad SMARTS) is 1. The van der Waals surface area contributed by atoms with Crippen LogP contribution >= 0.6 is 0 Å². The molecule has 0 aliphatic rings. The largest absolute Gasteiger partial charge is 0.480 e. The van der Waals surface area contributed by atoms with Gasteiger partial charge in [0.2, 0.25) is 0 Å². The number of halogens is 1. The van der Waals surface area contributed by atoms with Crippen LogP contribution < -0.4 is 11.1 Å². The quantitative estimate of drug-likeness (QED) is 0.625. The third-order valence-corrected chi connectivity index (χ3v) is 1.66. The molecular weight excluding hydrogens is 203 g/mol. The fraction of sp³-hybridized carbons (Fsp3) is 0.111. The smallest absolute Gasteiger partial charge is 0.322 e. The van der Waals surface area contributed by atoms with Crippen LogP contribution in [0.15, 0.2) is 18.2 Å². The Morgan fingerprint density at radius 3 is 2.67 bits per heavy atom. The first-order chi connectivity index (χ1) is 7.00. The molecule has 0 saturated carbocycles. The molecule has 0 radical (unpaired) electrons. The fourth-order valence-corrected chi connectivity index (χ4v) is 0.943. The molecule has 0 fully saturated rings. The lowest BCUT2D eigenvalue weighted by molar-refractivity contribution is -0.135. The van der Waals surface area contributed by atoms with Crippen LogP contribution in [-0.2, 0) is 4.79 Å². The normalized spacial score (nSPS) is 9.67. The van der Waals surface area contributed by atoms with Crippen LogP contribution in [0.25, 0.3) is 0 Å². The molecule has 1 aromatic rings. The molecule has 0 aliphatic heterocycles. The van der Waals surface area contributed by atoms with E-state index in [1.807, 2.05) is 0 Å². The first kappa shape index (κ1) is 11.0. The van der Waals surface area contributed by atoms with Crippen molar-refractivity contribution in [3.8, 4) is 0 Å². The molecule has 4 N–H and O–H groups in total. The molecule has 15 heavy (non-hydrogen) atoms. The van der Waals surface area contributed by atoms with Gasteiger partial charge in [-0.1, -0.05) is 0 Å². The maximum absolute atomic E-state index is 12.7. The molecule has 1 amide bonds. The molecule has 0 unspecified atom stereocenters. The molecular formula is C9H9FN2O3. The zero-order valence-corrected chi connectivity index (χ0v) is 7.66. The van der Waals surface area contributed by atoms with E-state index in [0.29, 0.717) is 0 Å². The Balaban J connectivity index is 2.74. The van der Waals surface area contributed by atoms with Crippen molar-refractivity contribution < 1.29 is 19.1 Å². The standard InChI is InChI=1S/C9H9FN2O3/c10-6-2-1-5(3-7(6)11)9(15)12-4-8(13)14/h1-3H,4,11H2,(H,12,15)(H,13,14). The number of amides is 1. The molecule has 0 heterocycles. The van der Waals surface area contributed by atoms with E-state index in [2.05, 4.69) is 5.32 Å². The van der Waals surface area contributed by atoms with E-state index in [9.17, 15) is 14.0 Å². The van der Waals surface area contributed by atoms with E-state index in [4.69, 9.17) is 10.8 Å². The number of nitrogen functional groups attached to an aromatic ring is 1. The number of carboxylic acids is 1. The highest BCUT2D eigenvalue weighted by molar-refractivity contribution is 5.96. The number of rotatable bonds is 3. The molecule has 0 atom stereocenters. The van der Waals surface area contributed by atoms with Gasteiger partial charge in [-0.2, -0.15) is 0 Å². The third-order valence-electron chi connectivity index (χ3n) is 1.66. The second-order valence-corrected chi connectivity index (χ2v) is 2.81. The van der Waals surface area contributed by atoms with E-state index in [-0.39, 0.29) is 11.3 Å². The highest BCUT2D eigenvalue weighted by atomic mass is 19.1. The predicted molar refractivity (Wildman–Crippen MR) is 50.8 cm³/mol. The van der Waals surface area contributed by atoms with Crippen LogP contribution in [0.4, 0.5) is 10.1 Å². The van der Waals surface area contributed by atoms with Crippen molar-refractivity contribution in [2.75, 3.05) is 12.3 Å². The van der Waals surface area contributed by atoms with Crippen molar-refractivity contribution >= 4 is 17.6 Å². The Labute approximate surface area is 84.7 Å². The molecule has 80 valence electrons. The van der Waals surface area contributed by atoms with Crippen LogP contribution in [0, 0.1) is 5.82 Å². The lowest BCUT2D eigenvalue weighted by Crippen LogP contribution is -2.29. The van der Waals surface area contributed by atoms with Crippen molar-refractivity contribution in [2.45, 2.75) is 0 Å². The summed E-state index contributed by atoms with van der Waals surface area (Å²) in [4.78, 5) is 21.4. The van der Waals surface area contributed by atoms with Gasteiger partial charge in [0.1, 0.15) is 12.4 Å². The zero-order chi connectivity index (χ0) is 11.4. The summed E-state index contributed by atoms with van der Waals surface area (Å²) in [5.41, 5.74) is 5.21. The van der Waals surface area contributed by atoms with Crippen LogP contribution in [0.1, 0.15) is 10.4 Å². The number of nitrogens with one attached hydrogen (secondary N) is 1. The van der Waals surface area contributed by atoms with Crippen LogP contribution in [0.3, 0.4) is 0 Å². The Hall–Kier alpha value is -2.11. The highest BCUT2D eigenvalue weighted by Crippen LogP contribution is 2.11. The summed E-state index contributed by atoms with van der Waals surface area (Å²) >= 11 is 0. The summed E-state index contributed by atoms with van der Waals surface area (Å²) < 4.78 is 12.7. The number of carbonyl (C=O) groups excluding carboxylic acids is 1. The number of anilines is 1. The number of benzene rings is 1. The number of carbonyl (C=O) groups is 2. The molecule has 0 spiro atoms. The van der Waals surface area contributed by atoms with Gasteiger partial charge >= 0.3 is 5.97 Å². The molecule has 5 nitrogen and oxygen atoms in total. The van der Waals surface area contributed by atoms with Gasteiger partial charge in [-0.15, -0.1) is 0 Å². The topological polar surface area (TPSA) is 92.4 Å². The SMILES string of the molecule is Nc1cc(C(=O)NCC(=O)O)ccc1F. The van der Waals surface area contributed by atoms with Gasteiger partial charge in [0, 0.05) is 5.56 Å². The molecule has 0 aliphatic carbocycles. The highest BCUT2D eigenvalue weighted by Gasteiger charge is 2.08. The zero-order valence-electron chi connectivity index (χ0n) is 7.66. The summed E-state index contributed by atoms with van der Waals surface area (Å²) in [6.07, 6.45) is 0. The molecule has 0 aromatic heterocycles. The van der Waals surface area contributed by atoms with Crippen LogP contribution in [-0.4, -0.2) is 23.5 Å². The minimum atomic E-state index is -1.15. The number of aliphatic carboxylic acids is 1. The minimum absolute atomic E-state index is 0.121. The lowest BCUT2D eigenvalue weighted by atomic mass is 10.2. The first-order valence-corrected chi connectivity index (χ1v) is 4.05. The van der Waals surface area contributed by atoms with Crippen molar-refractivity contribution in [3.63, 3.8) is 0 Å². The number of nitrogens with two attached hydrogens (primary N) is 1. The monoisotopic (exact) mass is 212 g/mol. The molecule has 6 heteroatoms. The van der Waals surface area contributed by atoms with E-state index in [1.165, 1.54) is 6.07 Å². The van der Waals surface area contributed by atoms with Gasteiger partial charge in [0.05, 0.1) is 5.69 Å². The second-order valence-electron chi connectivity index (χ2n) is 2.81. The van der Waals surface area contributed by atoms with Gasteiger partial charge in [-0.05, 0) is 18.2 Å². The van der Waals surface area contributed by atoms with Crippen LogP contribution in [0.5, 0.6) is 0 Å². The fourth-order valence-electron chi connectivity index (χ4n) is 0.943. The first-order valence-electron chi connectivity index (χ1n) is 4.05. The maximum atomic E-state index is 12.7. The Bertz CT molecular complexity index is 406. The summed E-state index contributed by atoms with van der Waals surface area (Å²) in [6.45, 7) is -0.490. The minimum Gasteiger partial charge on any atom is -0.480 e. The Kier molecular flexibility index (Phi) is 3.22. The second kappa shape index (κ2) is 4.41. The van der Waals surface area contributed by atoms with Crippen LogP contribution in [0.2, 0.25) is 0 Å². The van der Waals surface area contributed by atoms with E-state index in [1.54, 1.807) is 0 Å². The molecule has 1 rings (SSSR count). The van der Waals surface area contributed by atoms with E-state index < -0.39 is 24.2 Å². The van der Waals surface area contributed by atoms with Gasteiger partial charge in [0.25, 0.3) is 5.91 Å². The van der Waals surface area contributed by atoms with E-state index in [0.717, 1.165) is 12.1 Å². The molecule has 0 bridgehead atoms. The summed E-state index contributed by atoms with van der Waals surface area (Å²) in [6, 6.07) is 3.42.